The number of rotatable bonds is 4. The van der Waals surface area contributed by atoms with Gasteiger partial charge in [-0.15, -0.1) is 0 Å². The number of nitrogens with one attached hydrogen (secondary N) is 3. The minimum absolute atomic E-state index is 0.114. The molecular weight excluding hydrogens is 298 g/mol. The monoisotopic (exact) mass is 315 g/mol. The van der Waals surface area contributed by atoms with Crippen molar-refractivity contribution in [1.29, 1.82) is 0 Å². The van der Waals surface area contributed by atoms with Crippen LogP contribution in [0.1, 0.15) is 18.4 Å². The smallest absolute Gasteiger partial charge is 0.248 e. The molecule has 1 saturated heterocycles. The van der Waals surface area contributed by atoms with E-state index in [9.17, 15) is 14.4 Å². The molecule has 0 spiro atoms. The van der Waals surface area contributed by atoms with E-state index in [2.05, 4.69) is 15.6 Å². The predicted molar refractivity (Wildman–Crippen MR) is 85.1 cm³/mol. The number of aromatic nitrogens is 1. The Bertz CT molecular complexity index is 828. The Morgan fingerprint density at radius 2 is 2.17 bits per heavy atom. The number of pyridine rings is 1. The second-order valence-electron chi connectivity index (χ2n) is 5.50. The molecule has 1 atom stereocenters. The van der Waals surface area contributed by atoms with Crippen LogP contribution < -0.4 is 16.2 Å². The minimum Gasteiger partial charge on any atom is -0.380 e. The zero-order chi connectivity index (χ0) is 16.4. The summed E-state index contributed by atoms with van der Waals surface area (Å²) >= 11 is 0. The number of aromatic amines is 1. The summed E-state index contributed by atoms with van der Waals surface area (Å²) in [5, 5.41) is 6.24. The van der Waals surface area contributed by atoms with E-state index >= 15 is 0 Å². The third-order valence-electron chi connectivity index (χ3n) is 3.81. The molecule has 3 rings (SSSR count). The molecule has 2 heterocycles. The highest BCUT2D eigenvalue weighted by atomic mass is 16.5. The Morgan fingerprint density at radius 3 is 2.87 bits per heavy atom. The van der Waals surface area contributed by atoms with E-state index in [0.29, 0.717) is 30.7 Å². The Balaban J connectivity index is 1.86. The van der Waals surface area contributed by atoms with Crippen LogP contribution in [0.5, 0.6) is 0 Å². The summed E-state index contributed by atoms with van der Waals surface area (Å²) in [5.41, 5.74) is 1.75. The average molecular weight is 315 g/mol. The number of benzene rings is 1. The van der Waals surface area contributed by atoms with Gasteiger partial charge in [-0.05, 0) is 24.1 Å². The van der Waals surface area contributed by atoms with E-state index in [4.69, 9.17) is 4.74 Å². The van der Waals surface area contributed by atoms with Crippen molar-refractivity contribution in [3.05, 3.63) is 40.2 Å². The van der Waals surface area contributed by atoms with Crippen molar-refractivity contribution in [2.45, 2.75) is 25.5 Å². The number of H-pyrrole nitrogens is 1. The third kappa shape index (κ3) is 3.24. The topological polar surface area (TPSA) is 100 Å². The molecule has 1 unspecified atom stereocenters. The Hall–Kier alpha value is -2.67. The molecule has 0 radical (unpaired) electrons. The van der Waals surface area contributed by atoms with E-state index < -0.39 is 6.04 Å². The second-order valence-corrected chi connectivity index (χ2v) is 5.50. The van der Waals surface area contributed by atoms with Crippen molar-refractivity contribution in [3.8, 4) is 0 Å². The molecule has 1 fully saturated rings. The van der Waals surface area contributed by atoms with Gasteiger partial charge in [-0.3, -0.25) is 14.4 Å². The zero-order valence-electron chi connectivity index (χ0n) is 12.6. The van der Waals surface area contributed by atoms with E-state index in [-0.39, 0.29) is 17.4 Å². The van der Waals surface area contributed by atoms with E-state index in [1.807, 2.05) is 6.07 Å². The number of carbonyl (C=O) groups excluding carboxylic acids is 2. The minimum atomic E-state index is -0.503. The molecule has 23 heavy (non-hydrogen) atoms. The fraction of sp³-hybridized carbons (Fsp3) is 0.312. The maximum atomic E-state index is 12.1. The van der Waals surface area contributed by atoms with Crippen molar-refractivity contribution in [2.24, 2.45) is 0 Å². The third-order valence-corrected chi connectivity index (χ3v) is 3.81. The quantitative estimate of drug-likeness (QED) is 0.780. The first kappa shape index (κ1) is 15.2. The van der Waals surface area contributed by atoms with Crippen LogP contribution in [0.3, 0.4) is 0 Å². The summed E-state index contributed by atoms with van der Waals surface area (Å²) in [5.74, 6) is -0.372. The first-order valence-corrected chi connectivity index (χ1v) is 7.32. The summed E-state index contributed by atoms with van der Waals surface area (Å²) in [6, 6.07) is 6.27. The van der Waals surface area contributed by atoms with Crippen LogP contribution in [0.4, 0.5) is 5.69 Å². The number of hydrogen-bond donors (Lipinski definition) is 3. The normalized spacial score (nSPS) is 17.3. The molecule has 1 aromatic carbocycles. The lowest BCUT2D eigenvalue weighted by Gasteiger charge is -2.12. The summed E-state index contributed by atoms with van der Waals surface area (Å²) in [6.45, 7) is 0.334. The Morgan fingerprint density at radius 1 is 1.35 bits per heavy atom. The predicted octanol–water partition coefficient (Wildman–Crippen LogP) is 0.892. The van der Waals surface area contributed by atoms with Crippen molar-refractivity contribution in [2.75, 3.05) is 12.4 Å². The number of ether oxygens (including phenoxy) is 1. The van der Waals surface area contributed by atoms with Gasteiger partial charge in [-0.2, -0.15) is 0 Å². The van der Waals surface area contributed by atoms with Gasteiger partial charge in [-0.1, -0.05) is 6.07 Å². The molecule has 0 aliphatic carbocycles. The fourth-order valence-electron chi connectivity index (χ4n) is 2.73. The maximum absolute atomic E-state index is 12.1. The highest BCUT2D eigenvalue weighted by Crippen LogP contribution is 2.21. The van der Waals surface area contributed by atoms with Crippen molar-refractivity contribution >= 4 is 28.4 Å². The van der Waals surface area contributed by atoms with Gasteiger partial charge in [0.25, 0.3) is 0 Å². The molecule has 2 aromatic rings. The molecule has 1 aliphatic rings. The molecule has 120 valence electrons. The number of methoxy groups -OCH3 is 1. The summed E-state index contributed by atoms with van der Waals surface area (Å²) in [4.78, 5) is 37.8. The van der Waals surface area contributed by atoms with Crippen LogP contribution >= 0.6 is 0 Å². The number of carbonyl (C=O) groups is 2. The highest BCUT2D eigenvalue weighted by molar-refractivity contribution is 6.00. The van der Waals surface area contributed by atoms with Crippen LogP contribution in [0, 0.1) is 0 Å². The zero-order valence-corrected chi connectivity index (χ0v) is 12.6. The number of amides is 2. The molecule has 3 N–H and O–H groups in total. The average Bonchev–Trinajstić information content (AvgIpc) is 2.94. The van der Waals surface area contributed by atoms with Gasteiger partial charge in [0.15, 0.2) is 0 Å². The van der Waals surface area contributed by atoms with Crippen LogP contribution in [0.25, 0.3) is 10.9 Å². The second kappa shape index (κ2) is 6.21. The van der Waals surface area contributed by atoms with Crippen LogP contribution in [0.15, 0.2) is 29.1 Å². The van der Waals surface area contributed by atoms with Crippen molar-refractivity contribution in [1.82, 2.24) is 10.3 Å². The van der Waals surface area contributed by atoms with E-state index in [1.54, 1.807) is 19.2 Å². The van der Waals surface area contributed by atoms with E-state index in [1.165, 1.54) is 6.07 Å². The Kier molecular flexibility index (Phi) is 4.12. The van der Waals surface area contributed by atoms with Gasteiger partial charge in [-0.25, -0.2) is 0 Å². The molecule has 1 aromatic heterocycles. The molecule has 2 amide bonds. The van der Waals surface area contributed by atoms with Crippen LogP contribution in [-0.2, 0) is 20.9 Å². The van der Waals surface area contributed by atoms with Crippen LogP contribution in [0.2, 0.25) is 0 Å². The lowest BCUT2D eigenvalue weighted by atomic mass is 10.1. The molecule has 0 bridgehead atoms. The summed E-state index contributed by atoms with van der Waals surface area (Å²) < 4.78 is 5.10. The first-order chi connectivity index (χ1) is 11.1. The lowest BCUT2D eigenvalue weighted by Crippen LogP contribution is -2.37. The van der Waals surface area contributed by atoms with Crippen molar-refractivity contribution in [3.63, 3.8) is 0 Å². The number of anilines is 1. The fourth-order valence-corrected chi connectivity index (χ4v) is 2.73. The molecule has 1 aliphatic heterocycles. The number of fused-ring (bicyclic) bond motifs is 1. The first-order valence-electron chi connectivity index (χ1n) is 7.32. The van der Waals surface area contributed by atoms with Gasteiger partial charge >= 0.3 is 0 Å². The lowest BCUT2D eigenvalue weighted by molar-refractivity contribution is -0.122. The maximum Gasteiger partial charge on any atom is 0.248 e. The van der Waals surface area contributed by atoms with Gasteiger partial charge in [0.05, 0.1) is 12.1 Å². The highest BCUT2D eigenvalue weighted by Gasteiger charge is 2.27. The Labute approximate surface area is 132 Å². The standard InChI is InChI=1S/C16H17N3O4/c1-23-8-9-6-15(21)19-13-7-10(2-3-11(9)13)17-16(22)12-4-5-14(20)18-12/h2-3,6-7,12H,4-5,8H2,1H3,(H,17,22)(H,18,20)(H,19,21). The van der Waals surface area contributed by atoms with Crippen molar-refractivity contribution < 1.29 is 14.3 Å². The summed E-state index contributed by atoms with van der Waals surface area (Å²) in [7, 11) is 1.57. The molecule has 0 saturated carbocycles. The SMILES string of the molecule is COCc1cc(=O)[nH]c2cc(NC(=O)C3CCC(=O)N3)ccc12. The largest absolute Gasteiger partial charge is 0.380 e. The van der Waals surface area contributed by atoms with Gasteiger partial charge < -0.3 is 20.4 Å². The van der Waals surface area contributed by atoms with E-state index in [0.717, 1.165) is 10.9 Å². The number of hydrogen-bond acceptors (Lipinski definition) is 4. The van der Waals surface area contributed by atoms with Crippen LogP contribution in [-0.4, -0.2) is 29.9 Å². The van der Waals surface area contributed by atoms with Gasteiger partial charge in [0, 0.05) is 30.7 Å². The van der Waals surface area contributed by atoms with Gasteiger partial charge in [0.2, 0.25) is 17.4 Å². The molecule has 7 heteroatoms. The summed E-state index contributed by atoms with van der Waals surface area (Å²) in [6.07, 6.45) is 0.858. The molecule has 7 nitrogen and oxygen atoms in total. The van der Waals surface area contributed by atoms with Gasteiger partial charge in [0.1, 0.15) is 6.04 Å². The molecular formula is C16H17N3O4.